The Balaban J connectivity index is 1.82. The standard InChI is InChI=1S/C20H34O/c1-3-4-5-6-7-8-9-10-11-12-13-17-21-20-16-14-15-19(2)18-20/h14-16,18H,3-13,17H2,1-2H3. The summed E-state index contributed by atoms with van der Waals surface area (Å²) >= 11 is 0. The van der Waals surface area contributed by atoms with Crippen LogP contribution in [0.25, 0.3) is 0 Å². The van der Waals surface area contributed by atoms with Crippen molar-refractivity contribution in [2.75, 3.05) is 6.61 Å². The number of rotatable bonds is 13. The molecule has 0 spiro atoms. The number of aryl methyl sites for hydroxylation is 1. The largest absolute Gasteiger partial charge is 0.494 e. The van der Waals surface area contributed by atoms with Gasteiger partial charge in [0.15, 0.2) is 0 Å². The zero-order valence-electron chi connectivity index (χ0n) is 14.2. The Morgan fingerprint density at radius 2 is 1.33 bits per heavy atom. The fraction of sp³-hybridized carbons (Fsp3) is 0.700. The van der Waals surface area contributed by atoms with E-state index in [1.54, 1.807) is 0 Å². The van der Waals surface area contributed by atoms with E-state index in [0.29, 0.717) is 0 Å². The lowest BCUT2D eigenvalue weighted by Gasteiger charge is -2.06. The smallest absolute Gasteiger partial charge is 0.119 e. The van der Waals surface area contributed by atoms with Gasteiger partial charge in [-0.2, -0.15) is 0 Å². The highest BCUT2D eigenvalue weighted by Gasteiger charge is 1.95. The molecule has 0 fully saturated rings. The van der Waals surface area contributed by atoms with Crippen LogP contribution in [0.4, 0.5) is 0 Å². The summed E-state index contributed by atoms with van der Waals surface area (Å²) in [5, 5.41) is 0. The van der Waals surface area contributed by atoms with Crippen LogP contribution in [-0.4, -0.2) is 6.61 Å². The zero-order chi connectivity index (χ0) is 15.2. The minimum absolute atomic E-state index is 0.862. The molecule has 0 radical (unpaired) electrons. The SMILES string of the molecule is CCCCCCCCCCCCCOc1cccc(C)c1. The summed E-state index contributed by atoms with van der Waals surface area (Å²) in [4.78, 5) is 0. The van der Waals surface area contributed by atoms with Gasteiger partial charge < -0.3 is 4.74 Å². The van der Waals surface area contributed by atoms with Crippen LogP contribution in [0.3, 0.4) is 0 Å². The predicted molar refractivity (Wildman–Crippen MR) is 93.1 cm³/mol. The van der Waals surface area contributed by atoms with Gasteiger partial charge in [-0.15, -0.1) is 0 Å². The lowest BCUT2D eigenvalue weighted by molar-refractivity contribution is 0.304. The number of benzene rings is 1. The van der Waals surface area contributed by atoms with Crippen LogP contribution in [0.5, 0.6) is 5.75 Å². The van der Waals surface area contributed by atoms with Crippen molar-refractivity contribution in [3.05, 3.63) is 29.8 Å². The highest BCUT2D eigenvalue weighted by atomic mass is 16.5. The highest BCUT2D eigenvalue weighted by molar-refractivity contribution is 5.27. The van der Waals surface area contributed by atoms with Crippen molar-refractivity contribution in [1.82, 2.24) is 0 Å². The van der Waals surface area contributed by atoms with Gasteiger partial charge in [0.2, 0.25) is 0 Å². The average molecular weight is 290 g/mol. The molecule has 0 aliphatic carbocycles. The normalized spacial score (nSPS) is 10.8. The van der Waals surface area contributed by atoms with E-state index in [-0.39, 0.29) is 0 Å². The van der Waals surface area contributed by atoms with E-state index in [0.717, 1.165) is 12.4 Å². The van der Waals surface area contributed by atoms with Crippen LogP contribution in [0.15, 0.2) is 24.3 Å². The third kappa shape index (κ3) is 10.4. The van der Waals surface area contributed by atoms with Crippen LogP contribution in [0.2, 0.25) is 0 Å². The van der Waals surface area contributed by atoms with Crippen molar-refractivity contribution < 1.29 is 4.74 Å². The number of hydrogen-bond donors (Lipinski definition) is 0. The summed E-state index contributed by atoms with van der Waals surface area (Å²) in [5.41, 5.74) is 1.27. The molecular formula is C20H34O. The summed E-state index contributed by atoms with van der Waals surface area (Å²) in [6.45, 7) is 5.25. The Hall–Kier alpha value is -0.980. The zero-order valence-corrected chi connectivity index (χ0v) is 14.2. The molecule has 1 rings (SSSR count). The Labute approximate surface area is 132 Å². The molecule has 120 valence electrons. The van der Waals surface area contributed by atoms with Crippen molar-refractivity contribution in [1.29, 1.82) is 0 Å². The van der Waals surface area contributed by atoms with E-state index in [2.05, 4.69) is 32.0 Å². The van der Waals surface area contributed by atoms with E-state index >= 15 is 0 Å². The van der Waals surface area contributed by atoms with Gasteiger partial charge >= 0.3 is 0 Å². The van der Waals surface area contributed by atoms with E-state index in [4.69, 9.17) is 4.74 Å². The molecule has 0 atom stereocenters. The van der Waals surface area contributed by atoms with Crippen molar-refractivity contribution in [3.63, 3.8) is 0 Å². The van der Waals surface area contributed by atoms with Gasteiger partial charge in [0.25, 0.3) is 0 Å². The fourth-order valence-corrected chi connectivity index (χ4v) is 2.66. The van der Waals surface area contributed by atoms with Gasteiger partial charge in [0, 0.05) is 0 Å². The highest BCUT2D eigenvalue weighted by Crippen LogP contribution is 2.14. The first kappa shape index (κ1) is 18.1. The molecule has 0 aliphatic heterocycles. The number of hydrogen-bond acceptors (Lipinski definition) is 1. The third-order valence-corrected chi connectivity index (χ3v) is 4.01. The maximum Gasteiger partial charge on any atom is 0.119 e. The summed E-state index contributed by atoms with van der Waals surface area (Å²) in [7, 11) is 0. The molecule has 0 bridgehead atoms. The minimum atomic E-state index is 0.862. The molecule has 0 aliphatic rings. The predicted octanol–water partition coefficient (Wildman–Crippen LogP) is 6.68. The van der Waals surface area contributed by atoms with Crippen molar-refractivity contribution >= 4 is 0 Å². The Morgan fingerprint density at radius 3 is 1.90 bits per heavy atom. The molecule has 1 aromatic rings. The van der Waals surface area contributed by atoms with Gasteiger partial charge in [-0.1, -0.05) is 83.3 Å². The quantitative estimate of drug-likeness (QED) is 0.368. The molecule has 0 heterocycles. The first-order valence-electron chi connectivity index (χ1n) is 9.02. The minimum Gasteiger partial charge on any atom is -0.494 e. The molecule has 0 aromatic heterocycles. The summed E-state index contributed by atoms with van der Waals surface area (Å²) in [6.07, 6.45) is 15.2. The second kappa shape index (κ2) is 12.7. The second-order valence-electron chi connectivity index (χ2n) is 6.20. The van der Waals surface area contributed by atoms with Gasteiger partial charge in [-0.3, -0.25) is 0 Å². The second-order valence-corrected chi connectivity index (χ2v) is 6.20. The van der Waals surface area contributed by atoms with Crippen molar-refractivity contribution in [3.8, 4) is 5.75 Å². The summed E-state index contributed by atoms with van der Waals surface area (Å²) in [5.74, 6) is 1.02. The van der Waals surface area contributed by atoms with E-state index in [1.165, 1.54) is 76.2 Å². The lowest BCUT2D eigenvalue weighted by atomic mass is 10.1. The van der Waals surface area contributed by atoms with Crippen LogP contribution >= 0.6 is 0 Å². The topological polar surface area (TPSA) is 9.23 Å². The molecule has 0 unspecified atom stereocenters. The summed E-state index contributed by atoms with van der Waals surface area (Å²) < 4.78 is 5.77. The molecular weight excluding hydrogens is 256 g/mol. The maximum absolute atomic E-state index is 5.77. The number of unbranched alkanes of at least 4 members (excludes halogenated alkanes) is 10. The molecule has 21 heavy (non-hydrogen) atoms. The van der Waals surface area contributed by atoms with Crippen LogP contribution in [0, 0.1) is 6.92 Å². The monoisotopic (exact) mass is 290 g/mol. The first-order valence-corrected chi connectivity index (χ1v) is 9.02. The van der Waals surface area contributed by atoms with Crippen molar-refractivity contribution in [2.24, 2.45) is 0 Å². The van der Waals surface area contributed by atoms with Crippen molar-refractivity contribution in [2.45, 2.75) is 84.5 Å². The van der Waals surface area contributed by atoms with Crippen LogP contribution in [0.1, 0.15) is 83.1 Å². The van der Waals surface area contributed by atoms with E-state index in [1.807, 2.05) is 6.07 Å². The van der Waals surface area contributed by atoms with Gasteiger partial charge in [0.1, 0.15) is 5.75 Å². The Morgan fingerprint density at radius 1 is 0.762 bits per heavy atom. The maximum atomic E-state index is 5.77. The summed E-state index contributed by atoms with van der Waals surface area (Å²) in [6, 6.07) is 8.32. The van der Waals surface area contributed by atoms with E-state index in [9.17, 15) is 0 Å². The van der Waals surface area contributed by atoms with Gasteiger partial charge in [-0.05, 0) is 31.0 Å². The molecule has 0 saturated carbocycles. The lowest BCUT2D eigenvalue weighted by Crippen LogP contribution is -1.97. The van der Waals surface area contributed by atoms with Crippen LogP contribution < -0.4 is 4.74 Å². The number of ether oxygens (including phenoxy) is 1. The molecule has 1 nitrogen and oxygen atoms in total. The van der Waals surface area contributed by atoms with Gasteiger partial charge in [-0.25, -0.2) is 0 Å². The Kier molecular flexibility index (Phi) is 11.0. The fourth-order valence-electron chi connectivity index (χ4n) is 2.66. The first-order chi connectivity index (χ1) is 10.3. The average Bonchev–Trinajstić information content (AvgIpc) is 2.48. The molecule has 0 N–H and O–H groups in total. The van der Waals surface area contributed by atoms with Crippen LogP contribution in [-0.2, 0) is 0 Å². The Bertz CT molecular complexity index is 345. The molecule has 0 amide bonds. The molecule has 0 saturated heterocycles. The van der Waals surface area contributed by atoms with E-state index < -0.39 is 0 Å². The molecule has 1 aromatic carbocycles. The molecule has 1 heteroatoms. The van der Waals surface area contributed by atoms with Gasteiger partial charge in [0.05, 0.1) is 6.61 Å². The third-order valence-electron chi connectivity index (χ3n) is 4.01.